The molecule has 2 heterocycles. The zero-order valence-electron chi connectivity index (χ0n) is 8.46. The maximum Gasteiger partial charge on any atom is 0.261 e. The fraction of sp³-hybridized carbons (Fsp3) is 0.222. The van der Waals surface area contributed by atoms with Gasteiger partial charge in [-0.25, -0.2) is 4.98 Å². The molecule has 2 rings (SSSR count). The van der Waals surface area contributed by atoms with Crippen molar-refractivity contribution in [3.8, 4) is 0 Å². The molecule has 0 radical (unpaired) electrons. The van der Waals surface area contributed by atoms with Gasteiger partial charge in [0.1, 0.15) is 0 Å². The Balaban J connectivity index is 2.22. The van der Waals surface area contributed by atoms with Gasteiger partial charge in [-0.05, 0) is 13.8 Å². The molecule has 3 N–H and O–H groups in total. The van der Waals surface area contributed by atoms with Crippen molar-refractivity contribution < 1.29 is 4.79 Å². The van der Waals surface area contributed by atoms with Crippen molar-refractivity contribution in [2.75, 3.05) is 5.32 Å². The molecule has 0 aliphatic heterocycles. The summed E-state index contributed by atoms with van der Waals surface area (Å²) in [6.07, 6.45) is 3.22. The number of carbonyl (C=O) groups excluding carboxylic acids is 1. The van der Waals surface area contributed by atoms with Gasteiger partial charge in [0, 0.05) is 18.1 Å². The fourth-order valence-electron chi connectivity index (χ4n) is 1.39. The third-order valence-corrected chi connectivity index (χ3v) is 2.09. The molecule has 0 spiro atoms. The molecule has 6 heteroatoms. The van der Waals surface area contributed by atoms with Crippen LogP contribution in [0, 0.1) is 13.8 Å². The lowest BCUT2D eigenvalue weighted by Crippen LogP contribution is -2.14. The Morgan fingerprint density at radius 1 is 1.47 bits per heavy atom. The van der Waals surface area contributed by atoms with Gasteiger partial charge in [0.25, 0.3) is 5.91 Å². The summed E-state index contributed by atoms with van der Waals surface area (Å²) in [4.78, 5) is 18.5. The third-order valence-electron chi connectivity index (χ3n) is 2.09. The number of imidazole rings is 1. The van der Waals surface area contributed by atoms with Crippen LogP contribution in [-0.4, -0.2) is 26.1 Å². The molecule has 0 saturated heterocycles. The number of hydrogen-bond donors (Lipinski definition) is 3. The van der Waals surface area contributed by atoms with E-state index < -0.39 is 0 Å². The van der Waals surface area contributed by atoms with Crippen LogP contribution in [0.2, 0.25) is 0 Å². The largest absolute Gasteiger partial charge is 0.331 e. The van der Waals surface area contributed by atoms with E-state index in [1.165, 1.54) is 0 Å². The normalized spacial score (nSPS) is 10.3. The Bertz CT molecular complexity index is 451. The van der Waals surface area contributed by atoms with Crippen LogP contribution in [0.5, 0.6) is 0 Å². The van der Waals surface area contributed by atoms with E-state index >= 15 is 0 Å². The van der Waals surface area contributed by atoms with Crippen LogP contribution in [-0.2, 0) is 0 Å². The number of H-pyrrole nitrogens is 2. The number of amides is 1. The maximum absolute atomic E-state index is 11.8. The summed E-state index contributed by atoms with van der Waals surface area (Å²) in [5.74, 6) is 0.216. The first-order valence-corrected chi connectivity index (χ1v) is 4.51. The van der Waals surface area contributed by atoms with E-state index in [0.717, 1.165) is 5.69 Å². The molecule has 2 aromatic heterocycles. The summed E-state index contributed by atoms with van der Waals surface area (Å²) in [6.45, 7) is 3.58. The van der Waals surface area contributed by atoms with E-state index in [1.54, 1.807) is 26.2 Å². The lowest BCUT2D eigenvalue weighted by Gasteiger charge is -2.01. The Hall–Kier alpha value is -2.11. The van der Waals surface area contributed by atoms with Crippen molar-refractivity contribution in [2.45, 2.75) is 13.8 Å². The highest BCUT2D eigenvalue weighted by Crippen LogP contribution is 2.10. The van der Waals surface area contributed by atoms with Crippen LogP contribution < -0.4 is 5.32 Å². The molecule has 0 aromatic carbocycles. The van der Waals surface area contributed by atoms with E-state index in [0.29, 0.717) is 17.2 Å². The molecular weight excluding hydrogens is 194 g/mol. The predicted molar refractivity (Wildman–Crippen MR) is 54.6 cm³/mol. The number of rotatable bonds is 2. The zero-order chi connectivity index (χ0) is 10.8. The summed E-state index contributed by atoms with van der Waals surface area (Å²) in [6, 6.07) is 0. The summed E-state index contributed by atoms with van der Waals surface area (Å²) in [5.41, 5.74) is 1.99. The monoisotopic (exact) mass is 205 g/mol. The minimum absolute atomic E-state index is 0.214. The topological polar surface area (TPSA) is 86.5 Å². The molecule has 2 aromatic rings. The first-order valence-electron chi connectivity index (χ1n) is 4.51. The zero-order valence-corrected chi connectivity index (χ0v) is 8.46. The molecule has 0 aliphatic carbocycles. The summed E-state index contributed by atoms with van der Waals surface area (Å²) in [5, 5.41) is 9.35. The SMILES string of the molecule is Cc1n[nH]c(C)c1C(=O)Nc1ncc[nH]1. The predicted octanol–water partition coefficient (Wildman–Crippen LogP) is 1.00. The van der Waals surface area contributed by atoms with Crippen LogP contribution >= 0.6 is 0 Å². The molecule has 78 valence electrons. The van der Waals surface area contributed by atoms with Crippen molar-refractivity contribution in [3.05, 3.63) is 29.3 Å². The molecule has 0 fully saturated rings. The molecule has 0 unspecified atom stereocenters. The Morgan fingerprint density at radius 3 is 2.80 bits per heavy atom. The second-order valence-corrected chi connectivity index (χ2v) is 3.20. The number of nitrogens with one attached hydrogen (secondary N) is 3. The van der Waals surface area contributed by atoms with Gasteiger partial charge in [-0.2, -0.15) is 5.10 Å². The molecular formula is C9H11N5O. The lowest BCUT2D eigenvalue weighted by atomic mass is 10.2. The minimum atomic E-state index is -0.214. The maximum atomic E-state index is 11.8. The van der Waals surface area contributed by atoms with E-state index in [9.17, 15) is 4.79 Å². The summed E-state index contributed by atoms with van der Waals surface area (Å²) in [7, 11) is 0. The van der Waals surface area contributed by atoms with Crippen molar-refractivity contribution in [1.29, 1.82) is 0 Å². The average molecular weight is 205 g/mol. The summed E-state index contributed by atoms with van der Waals surface area (Å²) < 4.78 is 0. The van der Waals surface area contributed by atoms with Crippen LogP contribution in [0.25, 0.3) is 0 Å². The van der Waals surface area contributed by atoms with Gasteiger partial charge in [0.2, 0.25) is 5.95 Å². The third kappa shape index (κ3) is 1.74. The van der Waals surface area contributed by atoms with Gasteiger partial charge in [-0.1, -0.05) is 0 Å². The smallest absolute Gasteiger partial charge is 0.261 e. The van der Waals surface area contributed by atoms with E-state index in [2.05, 4.69) is 25.5 Å². The Morgan fingerprint density at radius 2 is 2.27 bits per heavy atom. The second kappa shape index (κ2) is 3.56. The Labute approximate surface area is 86.1 Å². The van der Waals surface area contributed by atoms with Crippen LogP contribution in [0.3, 0.4) is 0 Å². The molecule has 1 amide bonds. The highest BCUT2D eigenvalue weighted by Gasteiger charge is 2.15. The van der Waals surface area contributed by atoms with E-state index in [-0.39, 0.29) is 5.91 Å². The highest BCUT2D eigenvalue weighted by atomic mass is 16.1. The van der Waals surface area contributed by atoms with Gasteiger partial charge in [0.05, 0.1) is 11.3 Å². The molecule has 6 nitrogen and oxygen atoms in total. The molecule has 0 saturated carbocycles. The quantitative estimate of drug-likeness (QED) is 0.683. The standard InChI is InChI=1S/C9H11N5O/c1-5-7(6(2)14-13-5)8(15)12-9-10-3-4-11-9/h3-4H,1-2H3,(H,13,14)(H2,10,11,12,15). The van der Waals surface area contributed by atoms with Crippen LogP contribution in [0.1, 0.15) is 21.7 Å². The molecule has 0 atom stereocenters. The average Bonchev–Trinajstić information content (AvgIpc) is 2.77. The summed E-state index contributed by atoms with van der Waals surface area (Å²) >= 11 is 0. The molecule has 0 bridgehead atoms. The number of aromatic nitrogens is 4. The molecule has 0 aliphatic rings. The number of nitrogens with zero attached hydrogens (tertiary/aromatic N) is 2. The van der Waals surface area contributed by atoms with Gasteiger partial charge < -0.3 is 4.98 Å². The minimum Gasteiger partial charge on any atom is -0.331 e. The highest BCUT2D eigenvalue weighted by molar-refractivity contribution is 6.04. The van der Waals surface area contributed by atoms with Gasteiger partial charge in [-0.3, -0.25) is 15.2 Å². The first kappa shape index (κ1) is 9.45. The fourth-order valence-corrected chi connectivity index (χ4v) is 1.39. The Kier molecular flexibility index (Phi) is 2.24. The van der Waals surface area contributed by atoms with Crippen molar-refractivity contribution in [3.63, 3.8) is 0 Å². The van der Waals surface area contributed by atoms with Crippen LogP contribution in [0.15, 0.2) is 12.4 Å². The molecule has 15 heavy (non-hydrogen) atoms. The van der Waals surface area contributed by atoms with Gasteiger partial charge in [0.15, 0.2) is 0 Å². The number of anilines is 1. The number of hydrogen-bond acceptors (Lipinski definition) is 3. The first-order chi connectivity index (χ1) is 7.18. The van der Waals surface area contributed by atoms with Gasteiger partial charge >= 0.3 is 0 Å². The van der Waals surface area contributed by atoms with Gasteiger partial charge in [-0.15, -0.1) is 0 Å². The number of aryl methyl sites for hydroxylation is 2. The van der Waals surface area contributed by atoms with Crippen LogP contribution in [0.4, 0.5) is 5.95 Å². The van der Waals surface area contributed by atoms with E-state index in [4.69, 9.17) is 0 Å². The van der Waals surface area contributed by atoms with Crippen molar-refractivity contribution in [1.82, 2.24) is 20.2 Å². The number of aromatic amines is 2. The number of carbonyl (C=O) groups is 1. The lowest BCUT2D eigenvalue weighted by molar-refractivity contribution is 0.102. The van der Waals surface area contributed by atoms with Crippen molar-refractivity contribution >= 4 is 11.9 Å². The van der Waals surface area contributed by atoms with E-state index in [1.807, 2.05) is 0 Å². The second-order valence-electron chi connectivity index (χ2n) is 3.20. The van der Waals surface area contributed by atoms with Crippen molar-refractivity contribution in [2.24, 2.45) is 0 Å².